The highest BCUT2D eigenvalue weighted by Gasteiger charge is 2.30. The Morgan fingerprint density at radius 1 is 0.909 bits per heavy atom. The summed E-state index contributed by atoms with van der Waals surface area (Å²) < 4.78 is 5.77. The maximum absolute atomic E-state index is 13.4. The van der Waals surface area contributed by atoms with Crippen LogP contribution in [0.15, 0.2) is 78.9 Å². The summed E-state index contributed by atoms with van der Waals surface area (Å²) in [4.78, 5) is 27.8. The van der Waals surface area contributed by atoms with Gasteiger partial charge in [0.15, 0.2) is 6.61 Å². The van der Waals surface area contributed by atoms with E-state index in [1.54, 1.807) is 24.1 Å². The van der Waals surface area contributed by atoms with E-state index in [9.17, 15) is 9.59 Å². The molecule has 5 nitrogen and oxygen atoms in total. The molecule has 3 rings (SSSR count). The van der Waals surface area contributed by atoms with Crippen LogP contribution in [0.2, 0.25) is 5.02 Å². The minimum absolute atomic E-state index is 0.165. The van der Waals surface area contributed by atoms with E-state index in [-0.39, 0.29) is 25.0 Å². The van der Waals surface area contributed by atoms with Crippen molar-refractivity contribution in [2.75, 3.05) is 13.7 Å². The molecule has 0 unspecified atom stereocenters. The average Bonchev–Trinajstić information content (AvgIpc) is 2.86. The summed E-state index contributed by atoms with van der Waals surface area (Å²) in [6.07, 6.45) is 1.33. The number of hydrogen-bond donors (Lipinski definition) is 1. The quantitative estimate of drug-likeness (QED) is 0.474. The van der Waals surface area contributed by atoms with Gasteiger partial charge in [-0.3, -0.25) is 9.59 Å². The lowest BCUT2D eigenvalue weighted by Crippen LogP contribution is -2.51. The van der Waals surface area contributed by atoms with Gasteiger partial charge in [0.05, 0.1) is 0 Å². The Labute approximate surface area is 200 Å². The summed E-state index contributed by atoms with van der Waals surface area (Å²) in [5.41, 5.74) is 3.04. The maximum atomic E-state index is 13.4. The number of carbonyl (C=O) groups is 2. The standard InChI is InChI=1S/C27H29ClN2O3/c1-3-20-11-15-24(16-12-20)33-19-26(31)30(18-22-9-13-23(28)14-10-22)25(27(32)29-2)17-21-7-5-4-6-8-21/h4-16,25H,3,17-19H2,1-2H3,(H,29,32)/t25-/m0/s1. The van der Waals surface area contributed by atoms with Crippen LogP contribution in [0.5, 0.6) is 5.75 Å². The van der Waals surface area contributed by atoms with E-state index in [2.05, 4.69) is 12.2 Å². The Hall–Kier alpha value is -3.31. The Morgan fingerprint density at radius 2 is 1.55 bits per heavy atom. The second-order valence-corrected chi connectivity index (χ2v) is 8.19. The summed E-state index contributed by atoms with van der Waals surface area (Å²) in [7, 11) is 1.58. The number of benzene rings is 3. The van der Waals surface area contributed by atoms with Crippen molar-refractivity contribution in [2.24, 2.45) is 0 Å². The Kier molecular flexibility index (Phi) is 8.90. The van der Waals surface area contributed by atoms with Gasteiger partial charge in [0.2, 0.25) is 5.91 Å². The molecular weight excluding hydrogens is 436 g/mol. The molecular formula is C27H29ClN2O3. The molecule has 0 saturated carbocycles. The van der Waals surface area contributed by atoms with Gasteiger partial charge in [0.25, 0.3) is 5.91 Å². The minimum Gasteiger partial charge on any atom is -0.484 e. The number of halogens is 1. The molecule has 0 aromatic heterocycles. The number of hydrogen-bond acceptors (Lipinski definition) is 3. The molecule has 0 saturated heterocycles. The van der Waals surface area contributed by atoms with Crippen molar-refractivity contribution in [1.82, 2.24) is 10.2 Å². The lowest BCUT2D eigenvalue weighted by Gasteiger charge is -2.31. The molecule has 0 fully saturated rings. The highest BCUT2D eigenvalue weighted by Crippen LogP contribution is 2.18. The van der Waals surface area contributed by atoms with E-state index in [4.69, 9.17) is 16.3 Å². The molecule has 0 aliphatic rings. The number of aryl methyl sites for hydroxylation is 1. The average molecular weight is 465 g/mol. The minimum atomic E-state index is -0.688. The fraction of sp³-hybridized carbons (Fsp3) is 0.259. The first-order valence-corrected chi connectivity index (χ1v) is 11.4. The summed E-state index contributed by atoms with van der Waals surface area (Å²) >= 11 is 6.03. The van der Waals surface area contributed by atoms with E-state index in [1.807, 2.05) is 66.7 Å². The van der Waals surface area contributed by atoms with Gasteiger partial charge in [0, 0.05) is 25.0 Å². The van der Waals surface area contributed by atoms with Gasteiger partial charge >= 0.3 is 0 Å². The molecule has 0 aliphatic heterocycles. The first-order chi connectivity index (χ1) is 16.0. The van der Waals surface area contributed by atoms with Gasteiger partial charge < -0.3 is 15.0 Å². The molecule has 3 aromatic carbocycles. The van der Waals surface area contributed by atoms with E-state index < -0.39 is 6.04 Å². The fourth-order valence-electron chi connectivity index (χ4n) is 3.56. The molecule has 2 amide bonds. The first kappa shape index (κ1) is 24.3. The van der Waals surface area contributed by atoms with Gasteiger partial charge in [-0.15, -0.1) is 0 Å². The Morgan fingerprint density at radius 3 is 2.15 bits per heavy atom. The molecule has 0 bridgehead atoms. The topological polar surface area (TPSA) is 58.6 Å². The Balaban J connectivity index is 1.84. The van der Waals surface area contributed by atoms with Crippen molar-refractivity contribution in [2.45, 2.75) is 32.4 Å². The predicted octanol–water partition coefficient (Wildman–Crippen LogP) is 4.67. The summed E-state index contributed by atoms with van der Waals surface area (Å²) in [6, 6.07) is 23.9. The molecule has 0 heterocycles. The van der Waals surface area contributed by atoms with Crippen LogP contribution in [0, 0.1) is 0 Å². The molecule has 0 radical (unpaired) electrons. The predicted molar refractivity (Wildman–Crippen MR) is 131 cm³/mol. The van der Waals surface area contributed by atoms with Crippen LogP contribution in [0.4, 0.5) is 0 Å². The molecule has 172 valence electrons. The third kappa shape index (κ3) is 7.09. The molecule has 1 N–H and O–H groups in total. The van der Waals surface area contributed by atoms with E-state index in [0.717, 1.165) is 17.5 Å². The zero-order valence-corrected chi connectivity index (χ0v) is 19.7. The Bertz CT molecular complexity index is 1040. The number of ether oxygens (including phenoxy) is 1. The van der Waals surface area contributed by atoms with Crippen LogP contribution in [-0.2, 0) is 29.0 Å². The second-order valence-electron chi connectivity index (χ2n) is 7.75. The SMILES string of the molecule is CCc1ccc(OCC(=O)N(Cc2ccc(Cl)cc2)[C@@H](Cc2ccccc2)C(=O)NC)cc1. The molecule has 0 spiro atoms. The molecule has 33 heavy (non-hydrogen) atoms. The monoisotopic (exact) mass is 464 g/mol. The molecule has 0 aliphatic carbocycles. The van der Waals surface area contributed by atoms with E-state index in [0.29, 0.717) is 17.2 Å². The van der Waals surface area contributed by atoms with Crippen LogP contribution in [-0.4, -0.2) is 36.4 Å². The van der Waals surface area contributed by atoms with E-state index >= 15 is 0 Å². The largest absolute Gasteiger partial charge is 0.484 e. The number of carbonyl (C=O) groups excluding carboxylic acids is 2. The number of nitrogens with zero attached hydrogens (tertiary/aromatic N) is 1. The van der Waals surface area contributed by atoms with Crippen molar-refractivity contribution in [1.29, 1.82) is 0 Å². The number of likely N-dealkylation sites (N-methyl/N-ethyl adjacent to an activating group) is 1. The third-order valence-electron chi connectivity index (χ3n) is 5.48. The van der Waals surface area contributed by atoms with Crippen molar-refractivity contribution < 1.29 is 14.3 Å². The summed E-state index contributed by atoms with van der Waals surface area (Å²) in [5, 5.41) is 3.32. The zero-order valence-electron chi connectivity index (χ0n) is 19.0. The van der Waals surface area contributed by atoms with Crippen LogP contribution in [0.1, 0.15) is 23.6 Å². The molecule has 6 heteroatoms. The van der Waals surface area contributed by atoms with Gasteiger partial charge in [-0.1, -0.05) is 73.1 Å². The van der Waals surface area contributed by atoms with Gasteiger partial charge in [-0.2, -0.15) is 0 Å². The fourth-order valence-corrected chi connectivity index (χ4v) is 3.68. The first-order valence-electron chi connectivity index (χ1n) is 11.0. The second kappa shape index (κ2) is 12.1. The highest BCUT2D eigenvalue weighted by atomic mass is 35.5. The lowest BCUT2D eigenvalue weighted by atomic mass is 10.0. The highest BCUT2D eigenvalue weighted by molar-refractivity contribution is 6.30. The van der Waals surface area contributed by atoms with Crippen LogP contribution >= 0.6 is 11.6 Å². The van der Waals surface area contributed by atoms with Gasteiger partial charge in [-0.05, 0) is 47.4 Å². The molecule has 3 aromatic rings. The normalized spacial score (nSPS) is 11.5. The molecule has 1 atom stereocenters. The van der Waals surface area contributed by atoms with E-state index in [1.165, 1.54) is 5.56 Å². The number of rotatable bonds is 10. The van der Waals surface area contributed by atoms with Gasteiger partial charge in [-0.25, -0.2) is 0 Å². The summed E-state index contributed by atoms with van der Waals surface area (Å²) in [6.45, 7) is 2.18. The van der Waals surface area contributed by atoms with Gasteiger partial charge in [0.1, 0.15) is 11.8 Å². The smallest absolute Gasteiger partial charge is 0.261 e. The van der Waals surface area contributed by atoms with Crippen LogP contribution < -0.4 is 10.1 Å². The van der Waals surface area contributed by atoms with Crippen molar-refractivity contribution in [3.63, 3.8) is 0 Å². The van der Waals surface area contributed by atoms with Crippen LogP contribution in [0.25, 0.3) is 0 Å². The maximum Gasteiger partial charge on any atom is 0.261 e. The van der Waals surface area contributed by atoms with Crippen molar-refractivity contribution >= 4 is 23.4 Å². The third-order valence-corrected chi connectivity index (χ3v) is 5.73. The van der Waals surface area contributed by atoms with Crippen molar-refractivity contribution in [3.05, 3.63) is 101 Å². The lowest BCUT2D eigenvalue weighted by molar-refractivity contribution is -0.142. The number of amides is 2. The summed E-state index contributed by atoms with van der Waals surface area (Å²) in [5.74, 6) is 0.119. The van der Waals surface area contributed by atoms with Crippen molar-refractivity contribution in [3.8, 4) is 5.75 Å². The zero-order chi connectivity index (χ0) is 23.6. The number of nitrogens with one attached hydrogen (secondary N) is 1. The van der Waals surface area contributed by atoms with Crippen LogP contribution in [0.3, 0.4) is 0 Å².